The van der Waals surface area contributed by atoms with Gasteiger partial charge in [0.05, 0.1) is 10.8 Å². The molecule has 20 heavy (non-hydrogen) atoms. The van der Waals surface area contributed by atoms with Crippen molar-refractivity contribution in [3.05, 3.63) is 30.1 Å². The van der Waals surface area contributed by atoms with E-state index in [0.717, 1.165) is 0 Å². The summed E-state index contributed by atoms with van der Waals surface area (Å²) in [7, 11) is -3.77. The van der Waals surface area contributed by atoms with Gasteiger partial charge in [0.2, 0.25) is 11.9 Å². The zero-order valence-electron chi connectivity index (χ0n) is 10.4. The highest BCUT2D eigenvalue weighted by atomic mass is 32.2. The minimum absolute atomic E-state index is 0.0350. The lowest BCUT2D eigenvalue weighted by atomic mass is 10.0. The zero-order chi connectivity index (χ0) is 14.3. The summed E-state index contributed by atoms with van der Waals surface area (Å²) in [4.78, 5) is 15.3. The number of benzene rings is 1. The van der Waals surface area contributed by atoms with Crippen LogP contribution < -0.4 is 10.0 Å². The van der Waals surface area contributed by atoms with E-state index in [2.05, 4.69) is 25.2 Å². The topological polar surface area (TPSA) is 117 Å². The third-order valence-electron chi connectivity index (χ3n) is 3.10. The van der Waals surface area contributed by atoms with Crippen molar-refractivity contribution in [3.8, 4) is 0 Å². The lowest BCUT2D eigenvalue weighted by Gasteiger charge is -2.07. The molecule has 8 nitrogen and oxygen atoms in total. The highest BCUT2D eigenvalue weighted by Gasteiger charge is 2.28. The number of hydrogen-bond acceptors (Lipinski definition) is 5. The van der Waals surface area contributed by atoms with Gasteiger partial charge in [-0.1, -0.05) is 0 Å². The van der Waals surface area contributed by atoms with E-state index in [9.17, 15) is 13.2 Å². The van der Waals surface area contributed by atoms with Crippen LogP contribution in [0.1, 0.15) is 18.4 Å². The molecular weight excluding hydrogens is 282 g/mol. The van der Waals surface area contributed by atoms with Gasteiger partial charge in [-0.05, 0) is 30.7 Å². The van der Waals surface area contributed by atoms with Crippen LogP contribution in [0.5, 0.6) is 0 Å². The van der Waals surface area contributed by atoms with Crippen LogP contribution in [0.25, 0.3) is 0 Å². The number of aromatic amines is 1. The lowest BCUT2D eigenvalue weighted by Crippen LogP contribution is -2.14. The van der Waals surface area contributed by atoms with Crippen molar-refractivity contribution < 1.29 is 13.2 Å². The molecule has 9 heteroatoms. The summed E-state index contributed by atoms with van der Waals surface area (Å²) < 4.78 is 26.6. The molecule has 0 spiro atoms. The number of hydrogen-bond donors (Lipinski definition) is 3. The second-order valence-corrected chi connectivity index (χ2v) is 6.08. The number of sulfonamides is 1. The van der Waals surface area contributed by atoms with Crippen LogP contribution in [-0.4, -0.2) is 29.5 Å². The molecule has 1 aromatic heterocycles. The van der Waals surface area contributed by atoms with Crippen LogP contribution in [0.4, 0.5) is 11.6 Å². The maximum absolute atomic E-state index is 12.2. The molecule has 0 fully saturated rings. The van der Waals surface area contributed by atoms with E-state index >= 15 is 0 Å². The summed E-state index contributed by atoms with van der Waals surface area (Å²) in [6.07, 6.45) is 1.20. The van der Waals surface area contributed by atoms with Crippen molar-refractivity contribution >= 4 is 27.6 Å². The number of aromatic nitrogens is 3. The van der Waals surface area contributed by atoms with Gasteiger partial charge < -0.3 is 5.32 Å². The molecule has 0 bridgehead atoms. The largest absolute Gasteiger partial charge is 0.325 e. The van der Waals surface area contributed by atoms with Crippen molar-refractivity contribution in [2.45, 2.75) is 17.7 Å². The monoisotopic (exact) mass is 293 g/mol. The smallest absolute Gasteiger partial charge is 0.264 e. The van der Waals surface area contributed by atoms with Gasteiger partial charge in [0.25, 0.3) is 10.0 Å². The molecule has 0 aliphatic carbocycles. The number of carbonyl (C=O) groups excluding carboxylic acids is 1. The molecule has 3 rings (SSSR count). The van der Waals surface area contributed by atoms with Gasteiger partial charge in [0.15, 0.2) is 0 Å². The Balaban J connectivity index is 1.97. The number of nitrogens with zero attached hydrogens (tertiary/aromatic N) is 2. The Labute approximate surface area is 114 Å². The maximum atomic E-state index is 12.2. The van der Waals surface area contributed by atoms with Crippen molar-refractivity contribution in [3.63, 3.8) is 0 Å². The first kappa shape index (κ1) is 12.6. The first-order valence-corrected chi connectivity index (χ1v) is 7.29. The van der Waals surface area contributed by atoms with Crippen LogP contribution in [0, 0.1) is 0 Å². The number of fused-ring (bicyclic) bond motifs is 1. The predicted molar refractivity (Wildman–Crippen MR) is 70.7 cm³/mol. The summed E-state index contributed by atoms with van der Waals surface area (Å²) in [6, 6.07) is 4.48. The number of H-pyrrole nitrogens is 1. The Morgan fingerprint density at radius 1 is 1.35 bits per heavy atom. The summed E-state index contributed by atoms with van der Waals surface area (Å²) in [5.74, 6) is -0.476. The molecule has 0 saturated carbocycles. The van der Waals surface area contributed by atoms with Gasteiger partial charge in [0, 0.05) is 5.69 Å². The minimum Gasteiger partial charge on any atom is -0.325 e. The Bertz CT molecular complexity index is 769. The normalized spacial score (nSPS) is 17.6. The summed E-state index contributed by atoms with van der Waals surface area (Å²) >= 11 is 0. The molecular formula is C11H11N5O3S. The molecule has 104 valence electrons. The number of nitrogens with one attached hydrogen (secondary N) is 3. The number of rotatable bonds is 3. The minimum atomic E-state index is -3.77. The Morgan fingerprint density at radius 2 is 2.15 bits per heavy atom. The van der Waals surface area contributed by atoms with Gasteiger partial charge in [-0.25, -0.2) is 18.2 Å². The van der Waals surface area contributed by atoms with Gasteiger partial charge in [-0.15, -0.1) is 0 Å². The van der Waals surface area contributed by atoms with E-state index in [0.29, 0.717) is 11.3 Å². The zero-order valence-corrected chi connectivity index (χ0v) is 11.2. The molecule has 0 radical (unpaired) electrons. The fraction of sp³-hybridized carbons (Fsp3) is 0.182. The molecule has 1 aromatic carbocycles. The van der Waals surface area contributed by atoms with Gasteiger partial charge >= 0.3 is 0 Å². The van der Waals surface area contributed by atoms with Crippen molar-refractivity contribution in [2.75, 3.05) is 10.0 Å². The Kier molecular flexibility index (Phi) is 2.71. The molecule has 2 heterocycles. The fourth-order valence-corrected chi connectivity index (χ4v) is 3.00. The van der Waals surface area contributed by atoms with E-state index in [1.165, 1.54) is 18.5 Å². The van der Waals surface area contributed by atoms with Gasteiger partial charge in [-0.3, -0.25) is 4.79 Å². The molecule has 1 aliphatic rings. The van der Waals surface area contributed by atoms with Crippen LogP contribution in [0.2, 0.25) is 0 Å². The van der Waals surface area contributed by atoms with Crippen molar-refractivity contribution in [1.29, 1.82) is 0 Å². The summed E-state index contributed by atoms with van der Waals surface area (Å²) in [5, 5.41) is 8.66. The van der Waals surface area contributed by atoms with E-state index in [4.69, 9.17) is 0 Å². The molecule has 0 saturated heterocycles. The number of carbonyl (C=O) groups is 1. The van der Waals surface area contributed by atoms with Gasteiger partial charge in [-0.2, -0.15) is 10.1 Å². The van der Waals surface area contributed by atoms with Crippen molar-refractivity contribution in [2.24, 2.45) is 0 Å². The first-order chi connectivity index (χ1) is 9.47. The number of anilines is 2. The highest BCUT2D eigenvalue weighted by molar-refractivity contribution is 7.92. The summed E-state index contributed by atoms with van der Waals surface area (Å²) in [5.41, 5.74) is 1.30. The van der Waals surface area contributed by atoms with E-state index in [1.54, 1.807) is 13.0 Å². The average molecular weight is 293 g/mol. The van der Waals surface area contributed by atoms with Crippen LogP contribution in [0.15, 0.2) is 29.4 Å². The van der Waals surface area contributed by atoms with Crippen LogP contribution in [0.3, 0.4) is 0 Å². The Hall–Kier alpha value is -2.42. The molecule has 3 N–H and O–H groups in total. The quantitative estimate of drug-likeness (QED) is 0.768. The van der Waals surface area contributed by atoms with E-state index in [-0.39, 0.29) is 22.7 Å². The predicted octanol–water partition coefficient (Wildman–Crippen LogP) is 0.661. The second kappa shape index (κ2) is 4.30. The fourth-order valence-electron chi connectivity index (χ4n) is 2.00. The Morgan fingerprint density at radius 3 is 2.85 bits per heavy atom. The lowest BCUT2D eigenvalue weighted by molar-refractivity contribution is -0.116. The van der Waals surface area contributed by atoms with Crippen LogP contribution in [-0.2, 0) is 14.8 Å². The molecule has 1 unspecified atom stereocenters. The first-order valence-electron chi connectivity index (χ1n) is 5.80. The molecule has 1 amide bonds. The molecule has 2 aromatic rings. The molecule has 1 atom stereocenters. The average Bonchev–Trinajstić information content (AvgIpc) is 2.98. The SMILES string of the molecule is CC1C(=O)Nc2ccc(S(=O)(=O)Nc3ncn[nH]3)cc21. The second-order valence-electron chi connectivity index (χ2n) is 4.40. The maximum Gasteiger partial charge on any atom is 0.264 e. The third-order valence-corrected chi connectivity index (χ3v) is 4.43. The van der Waals surface area contributed by atoms with Gasteiger partial charge in [0.1, 0.15) is 6.33 Å². The van der Waals surface area contributed by atoms with Crippen LogP contribution >= 0.6 is 0 Å². The van der Waals surface area contributed by atoms with Crippen molar-refractivity contribution in [1.82, 2.24) is 15.2 Å². The summed E-state index contributed by atoms with van der Waals surface area (Å²) in [6.45, 7) is 1.72. The number of amides is 1. The standard InChI is InChI=1S/C11H11N5O3S/c1-6-8-4-7(2-3-9(8)14-10(6)17)20(18,19)16-11-12-5-13-15-11/h2-6H,1H3,(H,14,17)(H2,12,13,15,16). The van der Waals surface area contributed by atoms with E-state index < -0.39 is 10.0 Å². The van der Waals surface area contributed by atoms with E-state index in [1.807, 2.05) is 0 Å². The molecule has 1 aliphatic heterocycles. The third kappa shape index (κ3) is 2.01. The highest BCUT2D eigenvalue weighted by Crippen LogP contribution is 2.33.